The number of piperidine rings is 1. The molecule has 1 amide bonds. The molecule has 33 heavy (non-hydrogen) atoms. The van der Waals surface area contributed by atoms with E-state index in [1.807, 2.05) is 73.1 Å². The molecule has 3 heterocycles. The van der Waals surface area contributed by atoms with Crippen molar-refractivity contribution in [3.63, 3.8) is 0 Å². The topological polar surface area (TPSA) is 76.2 Å². The molecule has 1 fully saturated rings. The van der Waals surface area contributed by atoms with Gasteiger partial charge in [-0.2, -0.15) is 5.10 Å². The third-order valence-corrected chi connectivity index (χ3v) is 6.38. The lowest BCUT2D eigenvalue weighted by Gasteiger charge is -2.30. The molecule has 0 saturated carbocycles. The van der Waals surface area contributed by atoms with E-state index in [1.165, 1.54) is 0 Å². The number of rotatable bonds is 6. The summed E-state index contributed by atoms with van der Waals surface area (Å²) in [6, 6.07) is 17.9. The maximum atomic E-state index is 12.8. The molecule has 170 valence electrons. The van der Waals surface area contributed by atoms with Crippen LogP contribution in [0.1, 0.15) is 42.5 Å². The second-order valence-electron chi connectivity index (χ2n) is 8.75. The number of carbonyl (C=O) groups excluding carboxylic acids is 1. The lowest BCUT2D eigenvalue weighted by Crippen LogP contribution is -2.36. The van der Waals surface area contributed by atoms with Gasteiger partial charge in [0, 0.05) is 25.4 Å². The normalized spacial score (nSPS) is 16.8. The van der Waals surface area contributed by atoms with E-state index in [0.29, 0.717) is 13.0 Å². The van der Waals surface area contributed by atoms with Crippen molar-refractivity contribution in [3.05, 3.63) is 71.9 Å². The van der Waals surface area contributed by atoms with Gasteiger partial charge in [0.25, 0.3) is 0 Å². The van der Waals surface area contributed by atoms with Crippen molar-refractivity contribution in [1.82, 2.24) is 19.7 Å². The molecule has 5 rings (SSSR count). The second kappa shape index (κ2) is 9.19. The highest BCUT2D eigenvalue weighted by Gasteiger charge is 2.26. The maximum Gasteiger partial charge on any atom is 0.225 e. The number of fused-ring (bicyclic) bond motifs is 1. The highest BCUT2D eigenvalue weighted by atomic mass is 16.3. The fourth-order valence-electron chi connectivity index (χ4n) is 4.63. The Labute approximate surface area is 193 Å². The number of amides is 1. The molecular weight excluding hydrogens is 414 g/mol. The van der Waals surface area contributed by atoms with Crippen LogP contribution in [0.15, 0.2) is 59.0 Å². The van der Waals surface area contributed by atoms with Gasteiger partial charge in [-0.3, -0.25) is 4.79 Å². The summed E-state index contributed by atoms with van der Waals surface area (Å²) in [7, 11) is 0. The lowest BCUT2D eigenvalue weighted by atomic mass is 9.98. The van der Waals surface area contributed by atoms with Gasteiger partial charge in [-0.15, -0.1) is 0 Å². The van der Waals surface area contributed by atoms with Gasteiger partial charge < -0.3 is 14.6 Å². The van der Waals surface area contributed by atoms with E-state index in [9.17, 15) is 4.79 Å². The summed E-state index contributed by atoms with van der Waals surface area (Å²) in [5.74, 6) is 1.09. The largest absolute Gasteiger partial charge is 0.440 e. The first-order valence-electron chi connectivity index (χ1n) is 11.6. The molecular formula is C26H29N5O2. The van der Waals surface area contributed by atoms with Gasteiger partial charge in [0.05, 0.1) is 22.8 Å². The Morgan fingerprint density at radius 2 is 1.91 bits per heavy atom. The molecule has 2 aromatic carbocycles. The minimum atomic E-state index is 0.0118. The zero-order valence-corrected chi connectivity index (χ0v) is 19.1. The Morgan fingerprint density at radius 3 is 2.73 bits per heavy atom. The second-order valence-corrected chi connectivity index (χ2v) is 8.75. The summed E-state index contributed by atoms with van der Waals surface area (Å²) >= 11 is 0. The van der Waals surface area contributed by atoms with Crippen LogP contribution in [-0.2, 0) is 4.79 Å². The van der Waals surface area contributed by atoms with Crippen LogP contribution in [0, 0.1) is 13.8 Å². The van der Waals surface area contributed by atoms with Crippen molar-refractivity contribution in [2.45, 2.75) is 39.0 Å². The third-order valence-electron chi connectivity index (χ3n) is 6.38. The zero-order valence-electron chi connectivity index (χ0n) is 19.1. The minimum Gasteiger partial charge on any atom is -0.440 e. The van der Waals surface area contributed by atoms with Crippen LogP contribution in [0.25, 0.3) is 16.8 Å². The van der Waals surface area contributed by atoms with Gasteiger partial charge in [-0.1, -0.05) is 30.3 Å². The number of para-hydroxylation sites is 3. The average Bonchev–Trinajstić information content (AvgIpc) is 3.40. The predicted molar refractivity (Wildman–Crippen MR) is 129 cm³/mol. The summed E-state index contributed by atoms with van der Waals surface area (Å²) in [5, 5.41) is 7.71. The SMILES string of the molecule is Cc1nn(-c2ccccc2)c(C)c1NC(=O)CCN1CCCC(c2nc3ccccc3o2)C1. The van der Waals surface area contributed by atoms with Crippen molar-refractivity contribution in [1.29, 1.82) is 0 Å². The quantitative estimate of drug-likeness (QED) is 0.462. The predicted octanol–water partition coefficient (Wildman–Crippen LogP) is 4.84. The van der Waals surface area contributed by atoms with E-state index in [4.69, 9.17) is 4.42 Å². The van der Waals surface area contributed by atoms with Crippen LogP contribution in [0.2, 0.25) is 0 Å². The van der Waals surface area contributed by atoms with Crippen molar-refractivity contribution in [3.8, 4) is 5.69 Å². The maximum absolute atomic E-state index is 12.8. The first-order valence-corrected chi connectivity index (χ1v) is 11.6. The summed E-state index contributed by atoms with van der Waals surface area (Å²) < 4.78 is 7.87. The van der Waals surface area contributed by atoms with Crippen LogP contribution in [0.3, 0.4) is 0 Å². The van der Waals surface area contributed by atoms with Crippen LogP contribution in [0.5, 0.6) is 0 Å². The van der Waals surface area contributed by atoms with Gasteiger partial charge >= 0.3 is 0 Å². The highest BCUT2D eigenvalue weighted by molar-refractivity contribution is 5.92. The molecule has 1 atom stereocenters. The lowest BCUT2D eigenvalue weighted by molar-refractivity contribution is -0.116. The molecule has 1 saturated heterocycles. The molecule has 1 aliphatic rings. The number of hydrogen-bond acceptors (Lipinski definition) is 5. The Balaban J connectivity index is 1.19. The summed E-state index contributed by atoms with van der Waals surface area (Å²) in [6.45, 7) is 6.49. The van der Waals surface area contributed by atoms with E-state index >= 15 is 0 Å². The van der Waals surface area contributed by atoms with E-state index in [0.717, 1.165) is 65.7 Å². The molecule has 4 aromatic rings. The van der Waals surface area contributed by atoms with Crippen LogP contribution < -0.4 is 5.32 Å². The van der Waals surface area contributed by atoms with Crippen molar-refractivity contribution in [2.75, 3.05) is 25.0 Å². The molecule has 1 aliphatic heterocycles. The Hall–Kier alpha value is -3.45. The highest BCUT2D eigenvalue weighted by Crippen LogP contribution is 2.29. The number of aryl methyl sites for hydroxylation is 1. The summed E-state index contributed by atoms with van der Waals surface area (Å²) in [5.41, 5.74) is 5.28. The fourth-order valence-corrected chi connectivity index (χ4v) is 4.63. The van der Waals surface area contributed by atoms with E-state index in [-0.39, 0.29) is 11.8 Å². The number of carbonyl (C=O) groups is 1. The Bertz CT molecular complexity index is 1230. The van der Waals surface area contributed by atoms with Gasteiger partial charge in [-0.05, 0) is 57.5 Å². The number of nitrogens with zero attached hydrogens (tertiary/aromatic N) is 4. The molecule has 1 N–H and O–H groups in total. The Morgan fingerprint density at radius 1 is 1.12 bits per heavy atom. The number of aromatic nitrogens is 3. The van der Waals surface area contributed by atoms with Gasteiger partial charge in [0.2, 0.25) is 5.91 Å². The number of hydrogen-bond donors (Lipinski definition) is 1. The molecule has 0 aliphatic carbocycles. The van der Waals surface area contributed by atoms with Crippen LogP contribution in [0.4, 0.5) is 5.69 Å². The van der Waals surface area contributed by atoms with E-state index in [2.05, 4.69) is 20.3 Å². The van der Waals surface area contributed by atoms with Crippen molar-refractivity contribution < 1.29 is 9.21 Å². The van der Waals surface area contributed by atoms with Gasteiger partial charge in [0.1, 0.15) is 5.52 Å². The average molecular weight is 444 g/mol. The van der Waals surface area contributed by atoms with Crippen molar-refractivity contribution >= 4 is 22.7 Å². The zero-order chi connectivity index (χ0) is 22.8. The summed E-state index contributed by atoms with van der Waals surface area (Å²) in [6.07, 6.45) is 2.58. The van der Waals surface area contributed by atoms with Gasteiger partial charge in [-0.25, -0.2) is 9.67 Å². The molecule has 7 heteroatoms. The monoisotopic (exact) mass is 443 g/mol. The molecule has 0 bridgehead atoms. The first kappa shape index (κ1) is 21.4. The third kappa shape index (κ3) is 4.54. The van der Waals surface area contributed by atoms with Crippen LogP contribution in [-0.4, -0.2) is 45.2 Å². The smallest absolute Gasteiger partial charge is 0.225 e. The number of anilines is 1. The Kier molecular flexibility index (Phi) is 5.96. The number of oxazole rings is 1. The minimum absolute atomic E-state index is 0.0118. The van der Waals surface area contributed by atoms with E-state index < -0.39 is 0 Å². The standard InChI is InChI=1S/C26H29N5O2/c1-18-25(19(2)31(29-18)21-10-4-3-5-11-21)28-24(32)14-16-30-15-8-9-20(17-30)26-27-22-12-6-7-13-23(22)33-26/h3-7,10-13,20H,8-9,14-17H2,1-2H3,(H,28,32). The number of likely N-dealkylation sites (tertiary alicyclic amines) is 1. The van der Waals surface area contributed by atoms with Crippen LogP contribution >= 0.6 is 0 Å². The molecule has 0 radical (unpaired) electrons. The first-order chi connectivity index (χ1) is 16.1. The molecule has 1 unspecified atom stereocenters. The number of benzene rings is 2. The van der Waals surface area contributed by atoms with Crippen molar-refractivity contribution in [2.24, 2.45) is 0 Å². The summed E-state index contributed by atoms with van der Waals surface area (Å²) in [4.78, 5) is 19.8. The molecule has 7 nitrogen and oxygen atoms in total. The molecule has 0 spiro atoms. The molecule has 2 aromatic heterocycles. The fraction of sp³-hybridized carbons (Fsp3) is 0.346. The van der Waals surface area contributed by atoms with E-state index in [1.54, 1.807) is 0 Å². The number of nitrogens with one attached hydrogen (secondary N) is 1. The van der Waals surface area contributed by atoms with Gasteiger partial charge in [0.15, 0.2) is 11.5 Å².